The molecule has 2 atom stereocenters. The summed E-state index contributed by atoms with van der Waals surface area (Å²) in [5.74, 6) is -1.24. The summed E-state index contributed by atoms with van der Waals surface area (Å²) in [5, 5.41) is -1.81. The largest absolute Gasteiger partial charge is 0.464 e. The van der Waals surface area contributed by atoms with Gasteiger partial charge in [-0.05, 0) is 32.1 Å². The SMILES string of the molecule is CCCCCCCCOC(=O)C(C1C(=O)[N+]1(CCCCCC)CCCCCC)S(=O)(=O)O. The maximum absolute atomic E-state index is 12.9. The standard InChI is InChI=1S/C24H45NO6S/c1-4-7-10-13-14-17-20-31-24(27)22(32(28,29)30)21-23(26)25(21,18-15-11-8-5-2)19-16-12-9-6-3/h21-22H,4-20H2,1-3H3/p+1. The minimum absolute atomic E-state index is 0.00992. The molecule has 1 rings (SSSR count). The van der Waals surface area contributed by atoms with Crippen molar-refractivity contribution < 1.29 is 31.8 Å². The lowest BCUT2D eigenvalue weighted by Gasteiger charge is -2.20. The van der Waals surface area contributed by atoms with Crippen LogP contribution in [0.5, 0.6) is 0 Å². The Morgan fingerprint density at radius 3 is 1.75 bits per heavy atom. The number of hydrogen-bond donors (Lipinski definition) is 1. The minimum atomic E-state index is -4.74. The molecule has 1 N–H and O–H groups in total. The number of nitrogens with zero attached hydrogens (tertiary/aromatic N) is 1. The number of carbonyl (C=O) groups excluding carboxylic acids is 2. The maximum atomic E-state index is 12.9. The molecular formula is C24H46NO6S+. The number of quaternary nitrogens is 1. The Labute approximate surface area is 195 Å². The van der Waals surface area contributed by atoms with Crippen LogP contribution in [-0.4, -0.2) is 60.3 Å². The highest BCUT2D eigenvalue weighted by Crippen LogP contribution is 2.40. The first-order valence-electron chi connectivity index (χ1n) is 12.8. The van der Waals surface area contributed by atoms with Crippen LogP contribution in [0.25, 0.3) is 0 Å². The van der Waals surface area contributed by atoms with E-state index in [0.29, 0.717) is 19.5 Å². The molecule has 188 valence electrons. The molecule has 1 heterocycles. The monoisotopic (exact) mass is 476 g/mol. The van der Waals surface area contributed by atoms with Gasteiger partial charge in [0, 0.05) is 0 Å². The van der Waals surface area contributed by atoms with Gasteiger partial charge >= 0.3 is 11.9 Å². The van der Waals surface area contributed by atoms with E-state index in [1.165, 1.54) is 6.42 Å². The van der Waals surface area contributed by atoms with Gasteiger partial charge in [0.05, 0.1) is 19.7 Å². The molecule has 0 bridgehead atoms. The number of ether oxygens (including phenoxy) is 1. The van der Waals surface area contributed by atoms with Crippen molar-refractivity contribution in [3.63, 3.8) is 0 Å². The molecule has 0 aromatic rings. The fraction of sp³-hybridized carbons (Fsp3) is 0.917. The van der Waals surface area contributed by atoms with Gasteiger partial charge in [-0.15, -0.1) is 0 Å². The Morgan fingerprint density at radius 2 is 1.28 bits per heavy atom. The van der Waals surface area contributed by atoms with Crippen LogP contribution in [0, 0.1) is 0 Å². The van der Waals surface area contributed by atoms with Gasteiger partial charge in [-0.3, -0.25) is 9.35 Å². The molecule has 1 aliphatic heterocycles. The average molecular weight is 477 g/mol. The van der Waals surface area contributed by atoms with Gasteiger partial charge < -0.3 is 4.74 Å². The van der Waals surface area contributed by atoms with Crippen LogP contribution in [0.2, 0.25) is 0 Å². The summed E-state index contributed by atoms with van der Waals surface area (Å²) < 4.78 is 39.3. The van der Waals surface area contributed by atoms with E-state index >= 15 is 0 Å². The maximum Gasteiger partial charge on any atom is 0.375 e. The third kappa shape index (κ3) is 9.10. The van der Waals surface area contributed by atoms with Crippen molar-refractivity contribution in [3.8, 4) is 0 Å². The second-order valence-corrected chi connectivity index (χ2v) is 10.8. The van der Waals surface area contributed by atoms with E-state index in [1.54, 1.807) is 0 Å². The Hall–Kier alpha value is -0.990. The number of hydrogen-bond acceptors (Lipinski definition) is 5. The van der Waals surface area contributed by atoms with Crippen LogP contribution in [0.1, 0.15) is 111 Å². The Balaban J connectivity index is 2.79. The predicted molar refractivity (Wildman–Crippen MR) is 127 cm³/mol. The summed E-state index contributed by atoms with van der Waals surface area (Å²) in [6.45, 7) is 7.51. The van der Waals surface area contributed by atoms with Crippen molar-refractivity contribution in [3.05, 3.63) is 0 Å². The molecule has 1 aliphatic rings. The number of rotatable bonds is 20. The van der Waals surface area contributed by atoms with Crippen molar-refractivity contribution in [1.82, 2.24) is 0 Å². The minimum Gasteiger partial charge on any atom is -0.464 e. The Kier molecular flexibility index (Phi) is 13.6. The van der Waals surface area contributed by atoms with Crippen LogP contribution >= 0.6 is 0 Å². The van der Waals surface area contributed by atoms with Gasteiger partial charge in [-0.25, -0.2) is 9.28 Å². The van der Waals surface area contributed by atoms with E-state index in [0.717, 1.165) is 77.0 Å². The summed E-state index contributed by atoms with van der Waals surface area (Å²) in [4.78, 5) is 25.6. The number of unbranched alkanes of at least 4 members (excludes halogenated alkanes) is 11. The number of carbonyl (C=O) groups is 2. The van der Waals surface area contributed by atoms with Gasteiger partial charge in [0.15, 0.2) is 0 Å². The van der Waals surface area contributed by atoms with Crippen molar-refractivity contribution in [2.24, 2.45) is 0 Å². The fourth-order valence-corrected chi connectivity index (χ4v) is 5.54. The van der Waals surface area contributed by atoms with E-state index in [2.05, 4.69) is 20.8 Å². The molecule has 8 heteroatoms. The lowest BCUT2D eigenvalue weighted by Crippen LogP contribution is -2.44. The second-order valence-electron chi connectivity index (χ2n) is 9.26. The lowest BCUT2D eigenvalue weighted by atomic mass is 10.1. The molecule has 0 aliphatic carbocycles. The third-order valence-corrected chi connectivity index (χ3v) is 7.65. The van der Waals surface area contributed by atoms with Gasteiger partial charge in [0.1, 0.15) is 0 Å². The second kappa shape index (κ2) is 15.0. The van der Waals surface area contributed by atoms with Gasteiger partial charge in [-0.2, -0.15) is 8.42 Å². The summed E-state index contributed by atoms with van der Waals surface area (Å²) in [7, 11) is -4.74. The van der Waals surface area contributed by atoms with E-state index in [1.807, 2.05) is 0 Å². The molecule has 32 heavy (non-hydrogen) atoms. The highest BCUT2D eigenvalue weighted by Gasteiger charge is 2.74. The Bertz CT molecular complexity index is 651. The zero-order chi connectivity index (χ0) is 24.0. The lowest BCUT2D eigenvalue weighted by molar-refractivity contribution is -0.777. The third-order valence-electron chi connectivity index (χ3n) is 6.56. The highest BCUT2D eigenvalue weighted by molar-refractivity contribution is 7.87. The van der Waals surface area contributed by atoms with Crippen LogP contribution in [-0.2, 0) is 24.4 Å². The van der Waals surface area contributed by atoms with Gasteiger partial charge in [-0.1, -0.05) is 78.6 Å². The molecule has 7 nitrogen and oxygen atoms in total. The topological polar surface area (TPSA) is 97.7 Å². The summed E-state index contributed by atoms with van der Waals surface area (Å²) in [6, 6.07) is -1.04. The molecule has 1 fully saturated rings. The molecule has 0 radical (unpaired) electrons. The van der Waals surface area contributed by atoms with E-state index < -0.39 is 27.4 Å². The quantitative estimate of drug-likeness (QED) is 0.0870. The highest BCUT2D eigenvalue weighted by atomic mass is 32.2. The molecule has 2 unspecified atom stereocenters. The zero-order valence-electron chi connectivity index (χ0n) is 20.5. The van der Waals surface area contributed by atoms with Crippen LogP contribution in [0.4, 0.5) is 0 Å². The van der Waals surface area contributed by atoms with Crippen molar-refractivity contribution in [2.45, 2.75) is 122 Å². The molecule has 1 amide bonds. The van der Waals surface area contributed by atoms with Crippen LogP contribution in [0.3, 0.4) is 0 Å². The van der Waals surface area contributed by atoms with E-state index in [-0.39, 0.29) is 17.0 Å². The molecule has 0 spiro atoms. The molecule has 0 aromatic heterocycles. The first-order valence-corrected chi connectivity index (χ1v) is 14.3. The molecular weight excluding hydrogens is 430 g/mol. The predicted octanol–water partition coefficient (Wildman–Crippen LogP) is 5.03. The zero-order valence-corrected chi connectivity index (χ0v) is 21.3. The van der Waals surface area contributed by atoms with Gasteiger partial charge in [0.25, 0.3) is 10.1 Å². The average Bonchev–Trinajstić information content (AvgIpc) is 3.29. The molecule has 0 saturated carbocycles. The van der Waals surface area contributed by atoms with E-state index in [9.17, 15) is 22.6 Å². The molecule has 1 saturated heterocycles. The first-order chi connectivity index (χ1) is 15.3. The number of amides is 1. The van der Waals surface area contributed by atoms with Crippen molar-refractivity contribution in [1.29, 1.82) is 0 Å². The van der Waals surface area contributed by atoms with Crippen molar-refractivity contribution in [2.75, 3.05) is 19.7 Å². The Morgan fingerprint density at radius 1 is 0.844 bits per heavy atom. The summed E-state index contributed by atoms with van der Waals surface area (Å²) in [5.41, 5.74) is 0. The fourth-order valence-electron chi connectivity index (χ4n) is 4.55. The normalized spacial score (nSPS) is 18.5. The molecule has 0 aromatic carbocycles. The van der Waals surface area contributed by atoms with Crippen LogP contribution in [0.15, 0.2) is 0 Å². The number of esters is 1. The smallest absolute Gasteiger partial charge is 0.375 e. The van der Waals surface area contributed by atoms with E-state index in [4.69, 9.17) is 4.74 Å². The first kappa shape index (κ1) is 29.0. The summed E-state index contributed by atoms with van der Waals surface area (Å²) in [6.07, 6.45) is 13.8. The van der Waals surface area contributed by atoms with Crippen LogP contribution < -0.4 is 0 Å². The van der Waals surface area contributed by atoms with Crippen molar-refractivity contribution >= 4 is 22.0 Å². The summed E-state index contributed by atoms with van der Waals surface area (Å²) >= 11 is 0. The van der Waals surface area contributed by atoms with Gasteiger partial charge in [0.2, 0.25) is 11.3 Å².